The Hall–Kier alpha value is -7.20. The van der Waals surface area contributed by atoms with E-state index in [0.29, 0.717) is 0 Å². The van der Waals surface area contributed by atoms with E-state index in [1.54, 1.807) is 0 Å². The molecule has 0 bridgehead atoms. The molecule has 0 atom stereocenters. The molecule has 0 fully saturated rings. The molecule has 3 heteroatoms. The Labute approximate surface area is 330 Å². The van der Waals surface area contributed by atoms with Crippen molar-refractivity contribution in [2.75, 3.05) is 0 Å². The number of thiophene rings is 1. The van der Waals surface area contributed by atoms with Crippen LogP contribution in [0.5, 0.6) is 0 Å². The number of rotatable bonds is 3. The molecule has 13 aromatic rings. The molecule has 0 radical (unpaired) electrons. The summed E-state index contributed by atoms with van der Waals surface area (Å²) in [6, 6.07) is 68.1. The maximum absolute atomic E-state index is 2.54. The second-order valence-corrected chi connectivity index (χ2v) is 16.7. The molecule has 14 rings (SSSR count). The highest BCUT2D eigenvalue weighted by Crippen LogP contribution is 2.52. The van der Waals surface area contributed by atoms with Crippen LogP contribution in [0, 0.1) is 0 Å². The van der Waals surface area contributed by atoms with Gasteiger partial charge >= 0.3 is 0 Å². The molecule has 57 heavy (non-hydrogen) atoms. The number of hydrogen-bond donors (Lipinski definition) is 0. The normalized spacial score (nSPS) is 12.6. The molecule has 0 unspecified atom stereocenters. The third-order valence-electron chi connectivity index (χ3n) is 12.8. The minimum atomic E-state index is 1.18. The molecule has 0 amide bonds. The fourth-order valence-electron chi connectivity index (χ4n) is 10.4. The summed E-state index contributed by atoms with van der Waals surface area (Å²) in [6.45, 7) is 0. The van der Waals surface area contributed by atoms with Gasteiger partial charge in [-0.3, -0.25) is 0 Å². The van der Waals surface area contributed by atoms with Crippen LogP contribution in [0.15, 0.2) is 182 Å². The summed E-state index contributed by atoms with van der Waals surface area (Å²) in [7, 11) is 0. The summed E-state index contributed by atoms with van der Waals surface area (Å²) in [6.07, 6.45) is 0. The number of fused-ring (bicyclic) bond motifs is 6. The van der Waals surface area contributed by atoms with Crippen LogP contribution < -0.4 is 0 Å². The highest BCUT2D eigenvalue weighted by Gasteiger charge is 2.27. The van der Waals surface area contributed by atoms with E-state index in [0.717, 1.165) is 0 Å². The van der Waals surface area contributed by atoms with Gasteiger partial charge in [-0.1, -0.05) is 115 Å². The van der Waals surface area contributed by atoms with E-state index in [1.165, 1.54) is 130 Å². The average Bonchev–Trinajstić information content (AvgIpc) is 3.89. The van der Waals surface area contributed by atoms with Crippen LogP contribution in [-0.4, -0.2) is 9.13 Å². The lowest BCUT2D eigenvalue weighted by atomic mass is 9.95. The maximum Gasteiger partial charge on any atom is 0.0548 e. The molecule has 10 aromatic carbocycles. The molecule has 0 saturated heterocycles. The predicted molar refractivity (Wildman–Crippen MR) is 245 cm³/mol. The second kappa shape index (κ2) is 10.8. The van der Waals surface area contributed by atoms with Crippen molar-refractivity contribution in [2.24, 2.45) is 0 Å². The van der Waals surface area contributed by atoms with Crippen LogP contribution in [0.4, 0.5) is 0 Å². The van der Waals surface area contributed by atoms with Crippen LogP contribution in [0.3, 0.4) is 0 Å². The lowest BCUT2D eigenvalue weighted by Gasteiger charge is -2.16. The number of hydrogen-bond acceptors (Lipinski definition) is 1. The molecule has 1 aliphatic rings. The van der Waals surface area contributed by atoms with Gasteiger partial charge in [0.1, 0.15) is 0 Å². The molecule has 3 aromatic heterocycles. The zero-order chi connectivity index (χ0) is 36.9. The van der Waals surface area contributed by atoms with E-state index < -0.39 is 0 Å². The van der Waals surface area contributed by atoms with E-state index >= 15 is 0 Å². The van der Waals surface area contributed by atoms with Gasteiger partial charge in [-0.15, -0.1) is 11.3 Å². The highest BCUT2D eigenvalue weighted by molar-refractivity contribution is 7.25. The first-order valence-corrected chi connectivity index (χ1v) is 20.5. The van der Waals surface area contributed by atoms with Crippen LogP contribution >= 0.6 is 11.3 Å². The van der Waals surface area contributed by atoms with Crippen molar-refractivity contribution in [1.82, 2.24) is 9.13 Å². The van der Waals surface area contributed by atoms with E-state index in [1.807, 2.05) is 11.3 Å². The van der Waals surface area contributed by atoms with Crippen molar-refractivity contribution in [3.63, 3.8) is 0 Å². The van der Waals surface area contributed by atoms with E-state index in [4.69, 9.17) is 0 Å². The van der Waals surface area contributed by atoms with Gasteiger partial charge in [0, 0.05) is 58.2 Å². The number of aromatic nitrogens is 2. The maximum atomic E-state index is 2.54. The molecule has 0 N–H and O–H groups in total. The lowest BCUT2D eigenvalue weighted by Crippen LogP contribution is -1.97. The fourth-order valence-corrected chi connectivity index (χ4v) is 11.6. The first kappa shape index (κ1) is 30.1. The standard InChI is InChI=1S/C54H30N2S/c1-2-12-35(13-3-1)55-44-18-8-16-39-40-17-9-19-45-52(40)54-47(25-21-31-20-24-46(55)53(50(31)54)51(39)44)56(45)43-26-23-36(37-14-6-7-15-38(37)43)34-22-27-48-41(29-34)42-28-32-10-4-5-11-33(32)30-49(42)57-48/h1-30H. The molecule has 0 saturated carbocycles. The van der Waals surface area contributed by atoms with Crippen LogP contribution in [0.25, 0.3) is 130 Å². The van der Waals surface area contributed by atoms with Crippen molar-refractivity contribution < 1.29 is 0 Å². The monoisotopic (exact) mass is 738 g/mol. The average molecular weight is 739 g/mol. The number of benzene rings is 10. The van der Waals surface area contributed by atoms with Crippen molar-refractivity contribution in [1.29, 1.82) is 0 Å². The third-order valence-corrected chi connectivity index (χ3v) is 13.9. The molecular weight excluding hydrogens is 709 g/mol. The first-order chi connectivity index (χ1) is 28.3. The van der Waals surface area contributed by atoms with Gasteiger partial charge in [0.25, 0.3) is 0 Å². The zero-order valence-corrected chi connectivity index (χ0v) is 31.4. The first-order valence-electron chi connectivity index (χ1n) is 19.7. The van der Waals surface area contributed by atoms with Crippen molar-refractivity contribution in [3.05, 3.63) is 182 Å². The predicted octanol–water partition coefficient (Wildman–Crippen LogP) is 15.4. The van der Waals surface area contributed by atoms with Crippen LogP contribution in [0.1, 0.15) is 0 Å². The highest BCUT2D eigenvalue weighted by atomic mass is 32.1. The topological polar surface area (TPSA) is 9.86 Å². The molecule has 0 spiro atoms. The van der Waals surface area contributed by atoms with Crippen molar-refractivity contribution in [3.8, 4) is 33.6 Å². The summed E-state index contributed by atoms with van der Waals surface area (Å²) in [5.74, 6) is 0. The Morgan fingerprint density at radius 2 is 0.947 bits per heavy atom. The number of para-hydroxylation sites is 1. The van der Waals surface area contributed by atoms with Gasteiger partial charge in [0.2, 0.25) is 0 Å². The third kappa shape index (κ3) is 3.84. The van der Waals surface area contributed by atoms with Crippen LogP contribution in [0.2, 0.25) is 0 Å². The molecule has 3 heterocycles. The molecule has 2 nitrogen and oxygen atoms in total. The Kier molecular flexibility index (Phi) is 5.68. The summed E-state index contributed by atoms with van der Waals surface area (Å²) >= 11 is 1.89. The van der Waals surface area contributed by atoms with Crippen LogP contribution in [-0.2, 0) is 0 Å². The summed E-state index contributed by atoms with van der Waals surface area (Å²) < 4.78 is 7.66. The summed E-state index contributed by atoms with van der Waals surface area (Å²) in [5.41, 5.74) is 12.4. The van der Waals surface area contributed by atoms with Gasteiger partial charge in [-0.2, -0.15) is 0 Å². The summed E-state index contributed by atoms with van der Waals surface area (Å²) in [5, 5.41) is 15.7. The minimum Gasteiger partial charge on any atom is -0.309 e. The van der Waals surface area contributed by atoms with Gasteiger partial charge in [-0.25, -0.2) is 0 Å². The smallest absolute Gasteiger partial charge is 0.0548 e. The largest absolute Gasteiger partial charge is 0.309 e. The lowest BCUT2D eigenvalue weighted by molar-refractivity contribution is 1.18. The Balaban J connectivity index is 1.06. The second-order valence-electron chi connectivity index (χ2n) is 15.6. The van der Waals surface area contributed by atoms with Crippen molar-refractivity contribution >= 4 is 107 Å². The van der Waals surface area contributed by atoms with Gasteiger partial charge in [0.15, 0.2) is 0 Å². The zero-order valence-electron chi connectivity index (χ0n) is 30.6. The van der Waals surface area contributed by atoms with E-state index in [-0.39, 0.29) is 0 Å². The quantitative estimate of drug-likeness (QED) is 0.171. The Morgan fingerprint density at radius 3 is 1.72 bits per heavy atom. The summed E-state index contributed by atoms with van der Waals surface area (Å²) in [4.78, 5) is 0. The SMILES string of the molecule is c1ccc(-n2c3cccc4c3c3c5c(ccc32)ccc2c5c3c-4cccc3n2-c2ccc(-c3ccc4sc5cc6ccccc6cc5c4c3)c3ccccc23)cc1. The van der Waals surface area contributed by atoms with Gasteiger partial charge in [0.05, 0.1) is 27.8 Å². The number of nitrogens with zero attached hydrogens (tertiary/aromatic N) is 2. The minimum absolute atomic E-state index is 1.18. The van der Waals surface area contributed by atoms with Crippen molar-refractivity contribution in [2.45, 2.75) is 0 Å². The van der Waals surface area contributed by atoms with E-state index in [9.17, 15) is 0 Å². The molecule has 262 valence electrons. The Bertz CT molecular complexity index is 3920. The molecular formula is C54H30N2S. The van der Waals surface area contributed by atoms with Gasteiger partial charge in [-0.05, 0) is 111 Å². The molecule has 0 aliphatic heterocycles. The fraction of sp³-hybridized carbons (Fsp3) is 0. The van der Waals surface area contributed by atoms with Gasteiger partial charge < -0.3 is 9.13 Å². The van der Waals surface area contributed by atoms with E-state index in [2.05, 4.69) is 191 Å². The molecule has 1 aliphatic carbocycles. The Morgan fingerprint density at radius 1 is 0.316 bits per heavy atom.